The van der Waals surface area contributed by atoms with Gasteiger partial charge in [0.1, 0.15) is 17.7 Å². The molecule has 0 aliphatic rings. The molecule has 0 aliphatic carbocycles. The zero-order chi connectivity index (χ0) is 28.6. The van der Waals surface area contributed by atoms with Crippen molar-refractivity contribution in [1.29, 1.82) is 0 Å². The third kappa shape index (κ3) is 8.26. The van der Waals surface area contributed by atoms with Crippen LogP contribution in [0.4, 0.5) is 10.5 Å². The van der Waals surface area contributed by atoms with E-state index in [9.17, 15) is 14.4 Å². The van der Waals surface area contributed by atoms with Crippen molar-refractivity contribution in [3.05, 3.63) is 77.9 Å². The number of ether oxygens (including phenoxy) is 1. The molecular weight excluding hydrogens is 510 g/mol. The van der Waals surface area contributed by atoms with Crippen LogP contribution in [0.5, 0.6) is 0 Å². The molecule has 3 aromatic rings. The molecule has 39 heavy (non-hydrogen) atoms. The van der Waals surface area contributed by atoms with Crippen LogP contribution in [0.1, 0.15) is 44.4 Å². The molecule has 0 fully saturated rings. The molecule has 204 valence electrons. The predicted octanol–water partition coefficient (Wildman–Crippen LogP) is 5.89. The van der Waals surface area contributed by atoms with E-state index in [1.807, 2.05) is 61.7 Å². The number of hydrogen-bond donors (Lipinski definition) is 2. The van der Waals surface area contributed by atoms with Gasteiger partial charge in [0.25, 0.3) is 11.8 Å². The van der Waals surface area contributed by atoms with Crippen molar-refractivity contribution in [3.8, 4) is 12.5 Å². The Kier molecular flexibility index (Phi) is 10.0. The largest absolute Gasteiger partial charge is 0.444 e. The van der Waals surface area contributed by atoms with Gasteiger partial charge in [0.15, 0.2) is 0 Å². The summed E-state index contributed by atoms with van der Waals surface area (Å²) in [5.74, 6) is -0.457. The van der Waals surface area contributed by atoms with Crippen LogP contribution in [-0.2, 0) is 14.3 Å². The maximum atomic E-state index is 13.8. The molecule has 2 N–H and O–H groups in total. The van der Waals surface area contributed by atoms with Crippen molar-refractivity contribution in [1.82, 2.24) is 10.2 Å². The summed E-state index contributed by atoms with van der Waals surface area (Å²) in [6, 6.07) is 21.0. The van der Waals surface area contributed by atoms with E-state index in [0.717, 1.165) is 21.2 Å². The Morgan fingerprint density at radius 1 is 1.03 bits per heavy atom. The van der Waals surface area contributed by atoms with E-state index in [-0.39, 0.29) is 0 Å². The topological polar surface area (TPSA) is 87.7 Å². The number of amides is 3. The zero-order valence-corrected chi connectivity index (χ0v) is 23.8. The second-order valence-electron chi connectivity index (χ2n) is 10.2. The second-order valence-corrected chi connectivity index (χ2v) is 11.2. The number of rotatable bonds is 9. The lowest BCUT2D eigenvalue weighted by Crippen LogP contribution is -2.51. The number of fused-ring (bicyclic) bond motifs is 1. The first-order chi connectivity index (χ1) is 18.5. The molecule has 3 aromatic carbocycles. The number of benzene rings is 3. The van der Waals surface area contributed by atoms with Crippen molar-refractivity contribution in [2.75, 3.05) is 17.3 Å². The monoisotopic (exact) mass is 545 g/mol. The van der Waals surface area contributed by atoms with Gasteiger partial charge in [-0.05, 0) is 74.6 Å². The van der Waals surface area contributed by atoms with Crippen molar-refractivity contribution < 1.29 is 19.1 Å². The average molecular weight is 546 g/mol. The van der Waals surface area contributed by atoms with Crippen LogP contribution in [0, 0.1) is 19.4 Å². The fourth-order valence-corrected chi connectivity index (χ4v) is 4.49. The molecule has 3 rings (SSSR count). The first-order valence-corrected chi connectivity index (χ1v) is 14.1. The summed E-state index contributed by atoms with van der Waals surface area (Å²) in [4.78, 5) is 41.2. The lowest BCUT2D eigenvalue weighted by atomic mass is 10.0. The Bertz CT molecular complexity index is 1360. The Hall–Kier alpha value is -3.96. The van der Waals surface area contributed by atoms with Gasteiger partial charge < -0.3 is 15.4 Å². The Labute approximate surface area is 234 Å². The van der Waals surface area contributed by atoms with Crippen molar-refractivity contribution >= 4 is 46.1 Å². The van der Waals surface area contributed by atoms with Gasteiger partial charge in [0.2, 0.25) is 0 Å². The zero-order valence-electron chi connectivity index (χ0n) is 23.0. The van der Waals surface area contributed by atoms with Gasteiger partial charge in [0, 0.05) is 11.7 Å². The second kappa shape index (κ2) is 13.2. The minimum atomic E-state index is -1.13. The Morgan fingerprint density at radius 3 is 2.31 bits per heavy atom. The standard InChI is InChI=1S/C31H35N3O4S/c1-7-34(29(36)26(18-19-39-6)33-30(37)38-31(3,4)5)27(23-14-12-21(2)13-15-23)28(35)32-25-17-16-22-10-8-9-11-24(22)20-25/h1,8-17,20,26-27H,18-19H2,2-6H3,(H,32,35)(H,33,37). The summed E-state index contributed by atoms with van der Waals surface area (Å²) < 4.78 is 5.37. The van der Waals surface area contributed by atoms with Gasteiger partial charge in [-0.15, -0.1) is 0 Å². The molecule has 0 radical (unpaired) electrons. The molecule has 0 saturated heterocycles. The maximum absolute atomic E-state index is 13.8. The minimum absolute atomic E-state index is 0.310. The van der Waals surface area contributed by atoms with Crippen LogP contribution in [0.3, 0.4) is 0 Å². The predicted molar refractivity (Wildman–Crippen MR) is 158 cm³/mol. The number of nitrogens with zero attached hydrogens (tertiary/aromatic N) is 1. The van der Waals surface area contributed by atoms with Crippen LogP contribution in [0.15, 0.2) is 66.7 Å². The Morgan fingerprint density at radius 2 is 1.69 bits per heavy atom. The fourth-order valence-electron chi connectivity index (χ4n) is 4.02. The minimum Gasteiger partial charge on any atom is -0.444 e. The highest BCUT2D eigenvalue weighted by Crippen LogP contribution is 2.26. The summed E-state index contributed by atoms with van der Waals surface area (Å²) in [5, 5.41) is 7.58. The summed E-state index contributed by atoms with van der Waals surface area (Å²) in [5.41, 5.74) is 1.38. The van der Waals surface area contributed by atoms with Gasteiger partial charge in [0.05, 0.1) is 0 Å². The molecule has 3 amide bonds. The maximum Gasteiger partial charge on any atom is 0.408 e. The molecule has 0 aromatic heterocycles. The SMILES string of the molecule is C#CN(C(=O)C(CCSC)NC(=O)OC(C)(C)C)C(C(=O)Nc1ccc2ccccc2c1)c1ccc(C)cc1. The highest BCUT2D eigenvalue weighted by atomic mass is 32.2. The molecular formula is C31H35N3O4S. The average Bonchev–Trinajstić information content (AvgIpc) is 2.88. The van der Waals surface area contributed by atoms with Gasteiger partial charge in [-0.1, -0.05) is 66.6 Å². The van der Waals surface area contributed by atoms with E-state index in [4.69, 9.17) is 11.2 Å². The number of aryl methyl sites for hydroxylation is 1. The summed E-state index contributed by atoms with van der Waals surface area (Å²) in [6.07, 6.45) is 7.35. The smallest absolute Gasteiger partial charge is 0.408 e. The third-order valence-electron chi connectivity index (χ3n) is 5.89. The number of anilines is 1. The molecule has 0 spiro atoms. The lowest BCUT2D eigenvalue weighted by Gasteiger charge is -2.30. The van der Waals surface area contributed by atoms with E-state index in [1.54, 1.807) is 39.0 Å². The van der Waals surface area contributed by atoms with Crippen LogP contribution in [-0.4, -0.2) is 46.5 Å². The van der Waals surface area contributed by atoms with E-state index in [0.29, 0.717) is 23.4 Å². The summed E-state index contributed by atoms with van der Waals surface area (Å²) >= 11 is 1.53. The highest BCUT2D eigenvalue weighted by Gasteiger charge is 2.35. The van der Waals surface area contributed by atoms with Crippen molar-refractivity contribution in [2.45, 2.75) is 51.8 Å². The number of terminal acetylenes is 1. The highest BCUT2D eigenvalue weighted by molar-refractivity contribution is 7.98. The van der Waals surface area contributed by atoms with Gasteiger partial charge in [-0.3, -0.25) is 14.5 Å². The van der Waals surface area contributed by atoms with Gasteiger partial charge >= 0.3 is 6.09 Å². The number of hydrogen-bond acceptors (Lipinski definition) is 5. The number of nitrogens with one attached hydrogen (secondary N) is 2. The van der Waals surface area contributed by atoms with Gasteiger partial charge in [-0.25, -0.2) is 4.79 Å². The molecule has 8 heteroatoms. The van der Waals surface area contributed by atoms with Crippen molar-refractivity contribution in [3.63, 3.8) is 0 Å². The molecule has 0 bridgehead atoms. The normalized spacial score (nSPS) is 12.6. The van der Waals surface area contributed by atoms with E-state index >= 15 is 0 Å². The van der Waals surface area contributed by atoms with Gasteiger partial charge in [-0.2, -0.15) is 11.8 Å². The molecule has 0 aliphatic heterocycles. The number of thioether (sulfide) groups is 1. The first kappa shape index (κ1) is 29.6. The molecule has 2 unspecified atom stereocenters. The summed E-state index contributed by atoms with van der Waals surface area (Å²) in [6.45, 7) is 7.15. The van der Waals surface area contributed by atoms with Crippen LogP contribution < -0.4 is 10.6 Å². The quantitative estimate of drug-likeness (QED) is 0.258. The first-order valence-electron chi connectivity index (χ1n) is 12.7. The van der Waals surface area contributed by atoms with E-state index in [2.05, 4.69) is 16.7 Å². The van der Waals surface area contributed by atoms with Crippen LogP contribution >= 0.6 is 11.8 Å². The number of carbonyl (C=O) groups is 3. The number of alkyl carbamates (subject to hydrolysis) is 1. The number of carbonyl (C=O) groups excluding carboxylic acids is 3. The molecule has 2 atom stereocenters. The fraction of sp³-hybridized carbons (Fsp3) is 0.323. The van der Waals surface area contributed by atoms with Crippen LogP contribution in [0.25, 0.3) is 10.8 Å². The lowest BCUT2D eigenvalue weighted by molar-refractivity contribution is -0.136. The Balaban J connectivity index is 1.95. The molecule has 7 nitrogen and oxygen atoms in total. The molecule has 0 heterocycles. The molecule has 0 saturated carbocycles. The van der Waals surface area contributed by atoms with E-state index < -0.39 is 35.6 Å². The van der Waals surface area contributed by atoms with Crippen LogP contribution in [0.2, 0.25) is 0 Å². The third-order valence-corrected chi connectivity index (χ3v) is 6.54. The van der Waals surface area contributed by atoms with Crippen molar-refractivity contribution in [2.24, 2.45) is 0 Å². The van der Waals surface area contributed by atoms with E-state index in [1.165, 1.54) is 11.8 Å². The summed E-state index contributed by atoms with van der Waals surface area (Å²) in [7, 11) is 0.